The minimum absolute atomic E-state index is 0.175. The number of nitrogens with one attached hydrogen (secondary N) is 2. The number of β-amino-alcohol motifs (C(OH)–C–C–N with tert-alkyl or cyclic N) is 1. The molecule has 0 bridgehead atoms. The highest BCUT2D eigenvalue weighted by atomic mass is 32.2. The number of aliphatic hydroxyl groups excluding tert-OH is 1. The van der Waals surface area contributed by atoms with Gasteiger partial charge in [0.2, 0.25) is 0 Å². The number of thioether (sulfide) groups is 1. The van der Waals surface area contributed by atoms with Gasteiger partial charge < -0.3 is 34.7 Å². The molecule has 2 aromatic carbocycles. The topological polar surface area (TPSA) is 70.9 Å². The molecule has 0 amide bonds. The van der Waals surface area contributed by atoms with Crippen molar-refractivity contribution in [1.29, 1.82) is 0 Å². The maximum atomic E-state index is 13.6. The van der Waals surface area contributed by atoms with Gasteiger partial charge in [0.25, 0.3) is 0 Å². The smallest absolute Gasteiger partial charge is 0.406 e. The van der Waals surface area contributed by atoms with Crippen LogP contribution in [0.25, 0.3) is 10.9 Å². The zero-order chi connectivity index (χ0) is 29.4. The molecule has 1 saturated heterocycles. The first-order valence-electron chi connectivity index (χ1n) is 13.5. The molecule has 2 heterocycles. The Balaban J connectivity index is 1.50. The van der Waals surface area contributed by atoms with Gasteiger partial charge >= 0.3 is 6.18 Å². The van der Waals surface area contributed by atoms with Gasteiger partial charge in [0, 0.05) is 48.8 Å². The molecular formula is C30H37F3N4O3S. The number of nitrogens with zero attached hydrogens (tertiary/aromatic N) is 2. The lowest BCUT2D eigenvalue weighted by Crippen LogP contribution is -2.43. The molecule has 41 heavy (non-hydrogen) atoms. The molecule has 1 aliphatic heterocycles. The number of piperidine rings is 1. The number of fused-ring (bicyclic) bond motifs is 1. The van der Waals surface area contributed by atoms with Crippen LogP contribution in [0.2, 0.25) is 0 Å². The predicted molar refractivity (Wildman–Crippen MR) is 159 cm³/mol. The quantitative estimate of drug-likeness (QED) is 0.207. The summed E-state index contributed by atoms with van der Waals surface area (Å²) < 4.78 is 52.5. The van der Waals surface area contributed by atoms with Gasteiger partial charge in [0.05, 0.1) is 43.3 Å². The van der Waals surface area contributed by atoms with Gasteiger partial charge in [-0.1, -0.05) is 12.0 Å². The van der Waals surface area contributed by atoms with E-state index in [1.807, 2.05) is 30.5 Å². The molecule has 222 valence electrons. The number of aromatic nitrogens is 1. The Kier molecular flexibility index (Phi) is 10.7. The van der Waals surface area contributed by atoms with Crippen LogP contribution in [0.5, 0.6) is 5.75 Å². The minimum Gasteiger partial charge on any atom is -0.495 e. The maximum Gasteiger partial charge on any atom is 0.406 e. The SMILES string of the molecule is COC[C@H](O)CN1CCC(Nc2cccc3c2cc(C#CCNc2ccc(SC)cc2OC)n3CC(F)(F)F)CC1. The third-order valence-electron chi connectivity index (χ3n) is 7.05. The van der Waals surface area contributed by atoms with Crippen LogP contribution >= 0.6 is 11.8 Å². The van der Waals surface area contributed by atoms with E-state index in [2.05, 4.69) is 27.4 Å². The number of likely N-dealkylation sites (tertiary alicyclic amines) is 1. The van der Waals surface area contributed by atoms with Crippen molar-refractivity contribution in [2.75, 3.05) is 63.9 Å². The van der Waals surface area contributed by atoms with Crippen LogP contribution in [0.1, 0.15) is 18.5 Å². The molecule has 3 aromatic rings. The summed E-state index contributed by atoms with van der Waals surface area (Å²) in [6.45, 7) is 1.62. The third-order valence-corrected chi connectivity index (χ3v) is 7.78. The molecular weight excluding hydrogens is 553 g/mol. The summed E-state index contributed by atoms with van der Waals surface area (Å²) in [6, 6.07) is 13.1. The van der Waals surface area contributed by atoms with Crippen LogP contribution in [-0.4, -0.2) is 86.2 Å². The molecule has 4 rings (SSSR count). The second-order valence-electron chi connectivity index (χ2n) is 10.0. The average molecular weight is 591 g/mol. The minimum atomic E-state index is -4.39. The zero-order valence-electron chi connectivity index (χ0n) is 23.6. The summed E-state index contributed by atoms with van der Waals surface area (Å²) >= 11 is 1.61. The van der Waals surface area contributed by atoms with Crippen LogP contribution in [0.3, 0.4) is 0 Å². The van der Waals surface area contributed by atoms with Crippen molar-refractivity contribution in [3.8, 4) is 17.6 Å². The third kappa shape index (κ3) is 8.49. The molecule has 11 heteroatoms. The number of rotatable bonds is 11. The number of methoxy groups -OCH3 is 2. The molecule has 1 aromatic heterocycles. The van der Waals surface area contributed by atoms with Crippen LogP contribution in [0.15, 0.2) is 47.4 Å². The number of hydrogen-bond acceptors (Lipinski definition) is 7. The van der Waals surface area contributed by atoms with Gasteiger partial charge in [-0.15, -0.1) is 11.8 Å². The molecule has 7 nitrogen and oxygen atoms in total. The molecule has 0 radical (unpaired) electrons. The number of halogens is 3. The Morgan fingerprint density at radius 3 is 2.59 bits per heavy atom. The fourth-order valence-electron chi connectivity index (χ4n) is 5.11. The van der Waals surface area contributed by atoms with Gasteiger partial charge in [0.1, 0.15) is 12.3 Å². The van der Waals surface area contributed by atoms with Crippen molar-refractivity contribution < 1.29 is 27.8 Å². The molecule has 0 spiro atoms. The van der Waals surface area contributed by atoms with Crippen LogP contribution < -0.4 is 15.4 Å². The molecule has 0 saturated carbocycles. The van der Waals surface area contributed by atoms with Crippen molar-refractivity contribution in [2.24, 2.45) is 0 Å². The summed E-state index contributed by atoms with van der Waals surface area (Å²) in [5.41, 5.74) is 2.35. The van der Waals surface area contributed by atoms with E-state index in [1.54, 1.807) is 44.2 Å². The van der Waals surface area contributed by atoms with Gasteiger partial charge in [-0.25, -0.2) is 0 Å². The number of aliphatic hydroxyl groups is 1. The van der Waals surface area contributed by atoms with E-state index in [0.29, 0.717) is 35.5 Å². The fraction of sp³-hybridized carbons (Fsp3) is 0.467. The number of benzene rings is 2. The number of ether oxygens (including phenoxy) is 2. The second kappa shape index (κ2) is 14.2. The highest BCUT2D eigenvalue weighted by Crippen LogP contribution is 2.32. The first-order valence-corrected chi connectivity index (χ1v) is 14.7. The Bertz CT molecular complexity index is 1360. The molecule has 0 aliphatic carbocycles. The molecule has 1 fully saturated rings. The van der Waals surface area contributed by atoms with Crippen molar-refractivity contribution in [1.82, 2.24) is 9.47 Å². The lowest BCUT2D eigenvalue weighted by atomic mass is 10.0. The number of alkyl halides is 3. The highest BCUT2D eigenvalue weighted by molar-refractivity contribution is 7.98. The lowest BCUT2D eigenvalue weighted by Gasteiger charge is -2.34. The van der Waals surface area contributed by atoms with E-state index < -0.39 is 18.8 Å². The molecule has 3 N–H and O–H groups in total. The van der Waals surface area contributed by atoms with E-state index >= 15 is 0 Å². The van der Waals surface area contributed by atoms with Crippen LogP contribution in [0, 0.1) is 11.8 Å². The molecule has 1 aliphatic rings. The van der Waals surface area contributed by atoms with Gasteiger partial charge in [-0.3, -0.25) is 0 Å². The summed E-state index contributed by atoms with van der Waals surface area (Å²) in [5, 5.41) is 17.5. The maximum absolute atomic E-state index is 13.6. The Labute approximate surface area is 243 Å². The molecule has 0 unspecified atom stereocenters. The van der Waals surface area contributed by atoms with E-state index in [1.165, 1.54) is 4.57 Å². The van der Waals surface area contributed by atoms with Gasteiger partial charge in [-0.05, 0) is 61.4 Å². The molecule has 1 atom stereocenters. The summed E-state index contributed by atoms with van der Waals surface area (Å²) in [6.07, 6.45) is -1.21. The number of anilines is 2. The van der Waals surface area contributed by atoms with E-state index in [4.69, 9.17) is 9.47 Å². The first-order chi connectivity index (χ1) is 19.7. The van der Waals surface area contributed by atoms with E-state index in [0.717, 1.165) is 42.2 Å². The fourth-order valence-corrected chi connectivity index (χ4v) is 5.53. The Hall–Kier alpha value is -3.04. The average Bonchev–Trinajstić information content (AvgIpc) is 3.28. The second-order valence-corrected chi connectivity index (χ2v) is 10.9. The van der Waals surface area contributed by atoms with E-state index in [9.17, 15) is 18.3 Å². The Morgan fingerprint density at radius 2 is 1.90 bits per heavy atom. The first kappa shape index (κ1) is 30.9. The van der Waals surface area contributed by atoms with Crippen molar-refractivity contribution in [3.63, 3.8) is 0 Å². The van der Waals surface area contributed by atoms with Crippen molar-refractivity contribution in [2.45, 2.75) is 42.6 Å². The highest BCUT2D eigenvalue weighted by Gasteiger charge is 2.30. The van der Waals surface area contributed by atoms with Crippen molar-refractivity contribution in [3.05, 3.63) is 48.2 Å². The predicted octanol–water partition coefficient (Wildman–Crippen LogP) is 5.28. The van der Waals surface area contributed by atoms with Gasteiger partial charge in [0.15, 0.2) is 0 Å². The number of hydrogen-bond donors (Lipinski definition) is 3. The Morgan fingerprint density at radius 1 is 1.12 bits per heavy atom. The zero-order valence-corrected chi connectivity index (χ0v) is 24.4. The monoisotopic (exact) mass is 590 g/mol. The standard InChI is InChI=1S/C30H37F3N4O3S/c1-39-19-23(38)18-36-14-11-21(12-15-36)35-26-7-4-8-28-25(26)16-22(37(28)20-30(31,32)33)6-5-13-34-27-10-9-24(41-3)17-29(27)40-2/h4,7-10,16-17,21,23,34-35,38H,11-15,18-20H2,1-3H3/t23-/m1/s1. The summed E-state index contributed by atoms with van der Waals surface area (Å²) in [7, 11) is 3.16. The van der Waals surface area contributed by atoms with Crippen LogP contribution in [-0.2, 0) is 11.3 Å². The lowest BCUT2D eigenvalue weighted by molar-refractivity contribution is -0.140. The summed E-state index contributed by atoms with van der Waals surface area (Å²) in [5.74, 6) is 6.62. The summed E-state index contributed by atoms with van der Waals surface area (Å²) in [4.78, 5) is 3.27. The van der Waals surface area contributed by atoms with E-state index in [-0.39, 0.29) is 12.6 Å². The largest absolute Gasteiger partial charge is 0.495 e. The normalized spacial score (nSPS) is 15.4. The van der Waals surface area contributed by atoms with Crippen molar-refractivity contribution >= 4 is 34.0 Å². The van der Waals surface area contributed by atoms with Crippen LogP contribution in [0.4, 0.5) is 24.5 Å². The van der Waals surface area contributed by atoms with Gasteiger partial charge in [-0.2, -0.15) is 13.2 Å².